The summed E-state index contributed by atoms with van der Waals surface area (Å²) in [6.07, 6.45) is 4.77. The van der Waals surface area contributed by atoms with Crippen LogP contribution >= 0.6 is 0 Å². The molecular formula is C34H36N2O5. The Labute approximate surface area is 240 Å². The average Bonchev–Trinajstić information content (AvgIpc) is 3.37. The minimum absolute atomic E-state index is 0.146. The van der Waals surface area contributed by atoms with Gasteiger partial charge < -0.3 is 19.6 Å². The summed E-state index contributed by atoms with van der Waals surface area (Å²) in [5.74, 6) is 0.939. The molecule has 7 heteroatoms. The van der Waals surface area contributed by atoms with Gasteiger partial charge in [0.05, 0.1) is 12.3 Å². The number of rotatable bonds is 15. The number of oxazole rings is 1. The highest BCUT2D eigenvalue weighted by molar-refractivity contribution is 6.04. The lowest BCUT2D eigenvalue weighted by molar-refractivity contribution is -0.139. The van der Waals surface area contributed by atoms with Crippen LogP contribution in [0.3, 0.4) is 0 Å². The maximum atomic E-state index is 12.7. The van der Waals surface area contributed by atoms with E-state index >= 15 is 0 Å². The Morgan fingerprint density at radius 2 is 1.68 bits per heavy atom. The Bertz CT molecular complexity index is 1440. The standard InChI is InChI=1S/C34H36N2O5/c1-3-4-15-28(23-32(37)26-11-7-5-8-12-26)35-31(34(38)39)22-25-16-18-29(19-17-25)40-21-20-30-24(2)41-33(36-30)27-13-9-6-10-14-27/h5-14,16-19,23,31,35H,3-4,15,20-22H2,1-2H3,(H,38,39)/t31-/m0/s1. The number of hydrogen-bond acceptors (Lipinski definition) is 6. The molecule has 1 heterocycles. The van der Waals surface area contributed by atoms with E-state index in [1.807, 2.05) is 79.7 Å². The highest BCUT2D eigenvalue weighted by Crippen LogP contribution is 2.22. The van der Waals surface area contributed by atoms with Gasteiger partial charge in [0.25, 0.3) is 0 Å². The van der Waals surface area contributed by atoms with Gasteiger partial charge in [-0.2, -0.15) is 0 Å². The molecule has 1 atom stereocenters. The van der Waals surface area contributed by atoms with Crippen molar-refractivity contribution in [3.63, 3.8) is 0 Å². The zero-order valence-electron chi connectivity index (χ0n) is 23.5. The Hall–Kier alpha value is -4.65. The fourth-order valence-corrected chi connectivity index (χ4v) is 4.41. The lowest BCUT2D eigenvalue weighted by Gasteiger charge is -2.19. The smallest absolute Gasteiger partial charge is 0.326 e. The number of ether oxygens (including phenoxy) is 1. The molecular weight excluding hydrogens is 516 g/mol. The lowest BCUT2D eigenvalue weighted by atomic mass is 10.0. The van der Waals surface area contributed by atoms with Crippen molar-refractivity contribution < 1.29 is 23.8 Å². The highest BCUT2D eigenvalue weighted by Gasteiger charge is 2.20. The van der Waals surface area contributed by atoms with Gasteiger partial charge in [-0.15, -0.1) is 0 Å². The normalized spacial score (nSPS) is 12.1. The summed E-state index contributed by atoms with van der Waals surface area (Å²) in [7, 11) is 0. The van der Waals surface area contributed by atoms with E-state index in [1.165, 1.54) is 6.08 Å². The molecule has 0 aliphatic heterocycles. The number of ketones is 1. The quantitative estimate of drug-likeness (QED) is 0.123. The molecule has 0 saturated carbocycles. The van der Waals surface area contributed by atoms with Gasteiger partial charge in [-0.25, -0.2) is 9.78 Å². The van der Waals surface area contributed by atoms with Gasteiger partial charge in [-0.1, -0.05) is 74.0 Å². The first-order valence-corrected chi connectivity index (χ1v) is 14.0. The van der Waals surface area contributed by atoms with Crippen molar-refractivity contribution in [2.45, 2.75) is 52.0 Å². The monoisotopic (exact) mass is 552 g/mol. The molecule has 0 aliphatic carbocycles. The number of aliphatic carboxylic acids is 1. The molecule has 0 radical (unpaired) electrons. The predicted molar refractivity (Wildman–Crippen MR) is 159 cm³/mol. The third-order valence-corrected chi connectivity index (χ3v) is 6.71. The molecule has 0 spiro atoms. The molecule has 3 aromatic carbocycles. The van der Waals surface area contributed by atoms with Gasteiger partial charge in [0.15, 0.2) is 5.78 Å². The van der Waals surface area contributed by atoms with Crippen molar-refractivity contribution in [3.8, 4) is 17.2 Å². The maximum Gasteiger partial charge on any atom is 0.326 e. The molecule has 7 nitrogen and oxygen atoms in total. The fourth-order valence-electron chi connectivity index (χ4n) is 4.41. The maximum absolute atomic E-state index is 12.7. The van der Waals surface area contributed by atoms with E-state index in [4.69, 9.17) is 9.15 Å². The Balaban J connectivity index is 1.34. The number of carboxylic acids is 1. The molecule has 4 aromatic rings. The summed E-state index contributed by atoms with van der Waals surface area (Å²) in [6.45, 7) is 4.39. The minimum atomic E-state index is -0.974. The van der Waals surface area contributed by atoms with Crippen molar-refractivity contribution in [3.05, 3.63) is 119 Å². The van der Waals surface area contributed by atoms with E-state index in [0.717, 1.165) is 35.4 Å². The summed E-state index contributed by atoms with van der Waals surface area (Å²) in [5, 5.41) is 13.0. The second-order valence-electron chi connectivity index (χ2n) is 9.87. The van der Waals surface area contributed by atoms with Crippen LogP contribution in [0.5, 0.6) is 5.75 Å². The van der Waals surface area contributed by atoms with Gasteiger partial charge in [-0.3, -0.25) is 4.79 Å². The first-order valence-electron chi connectivity index (χ1n) is 14.0. The second-order valence-corrected chi connectivity index (χ2v) is 9.87. The third-order valence-electron chi connectivity index (χ3n) is 6.71. The van der Waals surface area contributed by atoms with E-state index in [9.17, 15) is 14.7 Å². The Morgan fingerprint density at radius 3 is 2.34 bits per heavy atom. The van der Waals surface area contributed by atoms with Gasteiger partial charge in [0, 0.05) is 35.7 Å². The third kappa shape index (κ3) is 8.67. The topological polar surface area (TPSA) is 102 Å². The van der Waals surface area contributed by atoms with Crippen LogP contribution in [0.2, 0.25) is 0 Å². The molecule has 212 valence electrons. The zero-order chi connectivity index (χ0) is 29.0. The van der Waals surface area contributed by atoms with Crippen LogP contribution in [0.25, 0.3) is 11.5 Å². The van der Waals surface area contributed by atoms with Crippen LogP contribution in [0.15, 0.2) is 101 Å². The summed E-state index contributed by atoms with van der Waals surface area (Å²) in [5.41, 5.74) is 3.84. The van der Waals surface area contributed by atoms with E-state index in [-0.39, 0.29) is 12.2 Å². The van der Waals surface area contributed by atoms with Crippen molar-refractivity contribution in [2.24, 2.45) is 0 Å². The summed E-state index contributed by atoms with van der Waals surface area (Å²) in [6, 6.07) is 25.3. The van der Waals surface area contributed by atoms with E-state index in [2.05, 4.69) is 17.2 Å². The number of nitrogens with one attached hydrogen (secondary N) is 1. The summed E-state index contributed by atoms with van der Waals surface area (Å²) in [4.78, 5) is 29.5. The molecule has 4 rings (SSSR count). The van der Waals surface area contributed by atoms with Crippen LogP contribution in [0.4, 0.5) is 0 Å². The number of benzene rings is 3. The lowest BCUT2D eigenvalue weighted by Crippen LogP contribution is -2.38. The molecule has 0 amide bonds. The second kappa shape index (κ2) is 14.7. The summed E-state index contributed by atoms with van der Waals surface area (Å²) < 4.78 is 11.7. The molecule has 0 saturated heterocycles. The van der Waals surface area contributed by atoms with Gasteiger partial charge in [0.2, 0.25) is 5.89 Å². The molecule has 1 aromatic heterocycles. The van der Waals surface area contributed by atoms with E-state index in [0.29, 0.717) is 42.3 Å². The fraction of sp³-hybridized carbons (Fsp3) is 0.265. The number of carbonyl (C=O) groups is 2. The molecule has 41 heavy (non-hydrogen) atoms. The number of carboxylic acid groups (broad SMARTS) is 1. The van der Waals surface area contributed by atoms with E-state index < -0.39 is 12.0 Å². The van der Waals surface area contributed by atoms with Gasteiger partial charge in [-0.05, 0) is 49.6 Å². The zero-order valence-corrected chi connectivity index (χ0v) is 23.5. The number of allylic oxidation sites excluding steroid dienone is 2. The van der Waals surface area contributed by atoms with Crippen molar-refractivity contribution in [1.29, 1.82) is 0 Å². The predicted octanol–water partition coefficient (Wildman–Crippen LogP) is 6.81. The number of unbranched alkanes of at least 4 members (excludes halogenated alkanes) is 1. The SMILES string of the molecule is CCCCC(=CC(=O)c1ccccc1)N[C@@H](Cc1ccc(OCCc2nc(-c3ccccc3)oc2C)cc1)C(=O)O. The molecule has 0 unspecified atom stereocenters. The minimum Gasteiger partial charge on any atom is -0.493 e. The largest absolute Gasteiger partial charge is 0.493 e. The molecule has 0 bridgehead atoms. The Morgan fingerprint density at radius 1 is 1.00 bits per heavy atom. The average molecular weight is 553 g/mol. The summed E-state index contributed by atoms with van der Waals surface area (Å²) >= 11 is 0. The first-order chi connectivity index (χ1) is 19.9. The number of carbonyl (C=O) groups excluding carboxylic acids is 1. The van der Waals surface area contributed by atoms with Crippen molar-refractivity contribution in [2.75, 3.05) is 6.61 Å². The van der Waals surface area contributed by atoms with Crippen LogP contribution in [0.1, 0.15) is 53.6 Å². The van der Waals surface area contributed by atoms with Gasteiger partial charge in [0.1, 0.15) is 17.6 Å². The molecule has 0 fully saturated rings. The number of hydrogen-bond donors (Lipinski definition) is 2. The number of aryl methyl sites for hydroxylation is 1. The van der Waals surface area contributed by atoms with Crippen LogP contribution in [0, 0.1) is 6.92 Å². The van der Waals surface area contributed by atoms with Gasteiger partial charge >= 0.3 is 5.97 Å². The van der Waals surface area contributed by atoms with Crippen LogP contribution < -0.4 is 10.1 Å². The first kappa shape index (κ1) is 29.3. The van der Waals surface area contributed by atoms with Crippen LogP contribution in [-0.4, -0.2) is 34.5 Å². The number of nitrogens with zero attached hydrogens (tertiary/aromatic N) is 1. The van der Waals surface area contributed by atoms with E-state index in [1.54, 1.807) is 12.1 Å². The van der Waals surface area contributed by atoms with Crippen molar-refractivity contribution in [1.82, 2.24) is 10.3 Å². The molecule has 2 N–H and O–H groups in total. The highest BCUT2D eigenvalue weighted by atomic mass is 16.5. The Kier molecular flexibility index (Phi) is 10.5. The number of aromatic nitrogens is 1. The van der Waals surface area contributed by atoms with Crippen LogP contribution in [-0.2, 0) is 17.6 Å². The van der Waals surface area contributed by atoms with Crippen molar-refractivity contribution >= 4 is 11.8 Å². The molecule has 0 aliphatic rings.